The molecule has 3 rings (SSSR count). The molecular formula is C19H24N4O2. The van der Waals surface area contributed by atoms with Crippen molar-refractivity contribution in [1.29, 1.82) is 0 Å². The molecule has 25 heavy (non-hydrogen) atoms. The highest BCUT2D eigenvalue weighted by Gasteiger charge is 2.40. The Morgan fingerprint density at radius 3 is 2.44 bits per heavy atom. The summed E-state index contributed by atoms with van der Waals surface area (Å²) in [5, 5.41) is 12.8. The highest BCUT2D eigenvalue weighted by atomic mass is 16.2. The van der Waals surface area contributed by atoms with Crippen molar-refractivity contribution in [3.63, 3.8) is 0 Å². The lowest BCUT2D eigenvalue weighted by molar-refractivity contribution is -0.128. The number of nitrogens with zero attached hydrogens (tertiary/aromatic N) is 1. The molecule has 0 spiro atoms. The maximum Gasteiger partial charge on any atom is 0.270 e. The minimum atomic E-state index is -0.825. The molecular weight excluding hydrogens is 316 g/mol. The van der Waals surface area contributed by atoms with Gasteiger partial charge in [0.25, 0.3) is 5.91 Å². The predicted molar refractivity (Wildman–Crippen MR) is 96.1 cm³/mol. The number of rotatable bonds is 4. The summed E-state index contributed by atoms with van der Waals surface area (Å²) in [6.45, 7) is 1.87. The molecule has 1 aromatic carbocycles. The standard InChI is InChI=1S/C19H24N4O2/c1-13-15(14-9-5-3-6-10-14)22-23-16(13)17(24)21-19(18(25)20-2)11-7-4-8-12-19/h3,5-6,9-10H,4,7-8,11-12H2,1-2H3,(H,20,25)(H,21,24)(H,22,23). The Hall–Kier alpha value is -2.63. The van der Waals surface area contributed by atoms with Gasteiger partial charge in [-0.1, -0.05) is 49.6 Å². The molecule has 1 aliphatic carbocycles. The zero-order valence-electron chi connectivity index (χ0n) is 14.7. The van der Waals surface area contributed by atoms with E-state index in [1.165, 1.54) is 0 Å². The van der Waals surface area contributed by atoms with E-state index in [0.29, 0.717) is 18.5 Å². The van der Waals surface area contributed by atoms with Gasteiger partial charge in [0.15, 0.2) is 0 Å². The number of likely N-dealkylation sites (N-methyl/N-ethyl adjacent to an activating group) is 1. The first-order valence-electron chi connectivity index (χ1n) is 8.72. The Kier molecular flexibility index (Phi) is 4.88. The fraction of sp³-hybridized carbons (Fsp3) is 0.421. The Morgan fingerprint density at radius 2 is 1.80 bits per heavy atom. The number of aromatic nitrogens is 2. The number of carbonyl (C=O) groups excluding carboxylic acids is 2. The van der Waals surface area contributed by atoms with Crippen molar-refractivity contribution in [2.24, 2.45) is 0 Å². The van der Waals surface area contributed by atoms with E-state index in [9.17, 15) is 9.59 Å². The minimum Gasteiger partial charge on any atom is -0.357 e. The fourth-order valence-corrected chi connectivity index (χ4v) is 3.58. The van der Waals surface area contributed by atoms with E-state index in [4.69, 9.17) is 0 Å². The summed E-state index contributed by atoms with van der Waals surface area (Å²) < 4.78 is 0. The molecule has 6 nitrogen and oxygen atoms in total. The summed E-state index contributed by atoms with van der Waals surface area (Å²) >= 11 is 0. The number of amides is 2. The van der Waals surface area contributed by atoms with Crippen molar-refractivity contribution in [3.05, 3.63) is 41.6 Å². The quantitative estimate of drug-likeness (QED) is 0.799. The number of carbonyl (C=O) groups is 2. The third kappa shape index (κ3) is 3.29. The van der Waals surface area contributed by atoms with Crippen LogP contribution in [0.25, 0.3) is 11.3 Å². The van der Waals surface area contributed by atoms with Gasteiger partial charge in [-0.3, -0.25) is 14.7 Å². The van der Waals surface area contributed by atoms with E-state index < -0.39 is 5.54 Å². The number of benzene rings is 1. The molecule has 3 N–H and O–H groups in total. The van der Waals surface area contributed by atoms with Gasteiger partial charge in [0.1, 0.15) is 11.2 Å². The molecule has 1 fully saturated rings. The molecule has 1 saturated carbocycles. The van der Waals surface area contributed by atoms with Crippen LogP contribution in [-0.4, -0.2) is 34.6 Å². The van der Waals surface area contributed by atoms with E-state index >= 15 is 0 Å². The number of H-pyrrole nitrogens is 1. The van der Waals surface area contributed by atoms with Crippen LogP contribution in [0.15, 0.2) is 30.3 Å². The van der Waals surface area contributed by atoms with Gasteiger partial charge in [0, 0.05) is 18.2 Å². The van der Waals surface area contributed by atoms with Crippen LogP contribution < -0.4 is 10.6 Å². The summed E-state index contributed by atoms with van der Waals surface area (Å²) in [4.78, 5) is 25.3. The maximum atomic E-state index is 12.8. The second-order valence-corrected chi connectivity index (χ2v) is 6.61. The SMILES string of the molecule is CNC(=O)C1(NC(=O)c2[nH]nc(-c3ccccc3)c2C)CCCCC1. The first-order chi connectivity index (χ1) is 12.1. The smallest absolute Gasteiger partial charge is 0.270 e. The Morgan fingerprint density at radius 1 is 1.12 bits per heavy atom. The van der Waals surface area contributed by atoms with Gasteiger partial charge in [-0.05, 0) is 19.8 Å². The zero-order valence-corrected chi connectivity index (χ0v) is 14.7. The first-order valence-corrected chi connectivity index (χ1v) is 8.72. The van der Waals surface area contributed by atoms with Crippen LogP contribution in [0.5, 0.6) is 0 Å². The molecule has 1 heterocycles. The maximum absolute atomic E-state index is 12.8. The highest BCUT2D eigenvalue weighted by molar-refractivity contribution is 5.99. The molecule has 0 unspecified atom stereocenters. The van der Waals surface area contributed by atoms with Crippen LogP contribution >= 0.6 is 0 Å². The fourth-order valence-electron chi connectivity index (χ4n) is 3.58. The van der Waals surface area contributed by atoms with Crippen molar-refractivity contribution in [1.82, 2.24) is 20.8 Å². The van der Waals surface area contributed by atoms with Crippen LogP contribution in [-0.2, 0) is 4.79 Å². The lowest BCUT2D eigenvalue weighted by Crippen LogP contribution is -2.59. The number of hydrogen-bond acceptors (Lipinski definition) is 3. The van der Waals surface area contributed by atoms with Gasteiger partial charge in [-0.25, -0.2) is 0 Å². The molecule has 0 radical (unpaired) electrons. The Labute approximate surface area is 147 Å². The van der Waals surface area contributed by atoms with E-state index in [0.717, 1.165) is 36.1 Å². The number of aromatic amines is 1. The minimum absolute atomic E-state index is 0.124. The largest absolute Gasteiger partial charge is 0.357 e. The summed E-state index contributed by atoms with van der Waals surface area (Å²) in [5.74, 6) is -0.404. The average Bonchev–Trinajstić information content (AvgIpc) is 3.04. The molecule has 0 bridgehead atoms. The van der Waals surface area contributed by atoms with Gasteiger partial charge in [0.05, 0.1) is 5.69 Å². The molecule has 132 valence electrons. The number of nitrogens with one attached hydrogen (secondary N) is 3. The predicted octanol–water partition coefficient (Wildman–Crippen LogP) is 2.56. The van der Waals surface area contributed by atoms with Crippen LogP contribution in [0.1, 0.15) is 48.2 Å². The van der Waals surface area contributed by atoms with Crippen molar-refractivity contribution >= 4 is 11.8 Å². The van der Waals surface area contributed by atoms with Crippen LogP contribution in [0.4, 0.5) is 0 Å². The summed E-state index contributed by atoms with van der Waals surface area (Å²) in [6.07, 6.45) is 4.29. The molecule has 1 aromatic heterocycles. The second kappa shape index (κ2) is 7.09. The highest BCUT2D eigenvalue weighted by Crippen LogP contribution is 2.29. The Balaban J connectivity index is 1.86. The van der Waals surface area contributed by atoms with E-state index in [-0.39, 0.29) is 11.8 Å². The summed E-state index contributed by atoms with van der Waals surface area (Å²) in [5.41, 5.74) is 2.07. The summed E-state index contributed by atoms with van der Waals surface area (Å²) in [7, 11) is 1.61. The molecule has 6 heteroatoms. The van der Waals surface area contributed by atoms with Crippen LogP contribution in [0.2, 0.25) is 0 Å². The normalized spacial score (nSPS) is 16.2. The van der Waals surface area contributed by atoms with E-state index in [1.807, 2.05) is 37.3 Å². The van der Waals surface area contributed by atoms with Crippen molar-refractivity contribution < 1.29 is 9.59 Å². The molecule has 2 aromatic rings. The third-order valence-electron chi connectivity index (χ3n) is 5.01. The lowest BCUT2D eigenvalue weighted by atomic mass is 9.80. The second-order valence-electron chi connectivity index (χ2n) is 6.61. The number of hydrogen-bond donors (Lipinski definition) is 3. The van der Waals surface area contributed by atoms with Crippen molar-refractivity contribution in [2.45, 2.75) is 44.6 Å². The zero-order chi connectivity index (χ0) is 17.9. The average molecular weight is 340 g/mol. The molecule has 0 atom stereocenters. The third-order valence-corrected chi connectivity index (χ3v) is 5.01. The monoisotopic (exact) mass is 340 g/mol. The molecule has 0 aliphatic heterocycles. The first kappa shape index (κ1) is 17.2. The van der Waals surface area contributed by atoms with Gasteiger partial charge < -0.3 is 10.6 Å². The van der Waals surface area contributed by atoms with Gasteiger partial charge in [-0.15, -0.1) is 0 Å². The Bertz CT molecular complexity index is 761. The topological polar surface area (TPSA) is 86.9 Å². The molecule has 2 amide bonds. The lowest BCUT2D eigenvalue weighted by Gasteiger charge is -2.36. The van der Waals surface area contributed by atoms with Crippen molar-refractivity contribution in [3.8, 4) is 11.3 Å². The van der Waals surface area contributed by atoms with E-state index in [1.54, 1.807) is 7.05 Å². The van der Waals surface area contributed by atoms with Gasteiger partial charge in [0.2, 0.25) is 5.91 Å². The molecule has 0 saturated heterocycles. The van der Waals surface area contributed by atoms with Crippen molar-refractivity contribution in [2.75, 3.05) is 7.05 Å². The van der Waals surface area contributed by atoms with Crippen LogP contribution in [0.3, 0.4) is 0 Å². The van der Waals surface area contributed by atoms with Gasteiger partial charge in [-0.2, -0.15) is 5.10 Å². The molecule has 1 aliphatic rings. The van der Waals surface area contributed by atoms with Gasteiger partial charge >= 0.3 is 0 Å². The van der Waals surface area contributed by atoms with E-state index in [2.05, 4.69) is 20.8 Å². The van der Waals surface area contributed by atoms with Crippen LogP contribution in [0, 0.1) is 6.92 Å². The summed E-state index contributed by atoms with van der Waals surface area (Å²) in [6, 6.07) is 9.73.